The zero-order valence-electron chi connectivity index (χ0n) is 11.0. The first-order valence-corrected chi connectivity index (χ1v) is 6.96. The normalized spacial score (nSPS) is 25.2. The number of fused-ring (bicyclic) bond motifs is 1. The Morgan fingerprint density at radius 3 is 3.00 bits per heavy atom. The van der Waals surface area contributed by atoms with Crippen LogP contribution in [0.15, 0.2) is 24.5 Å². The number of rotatable bonds is 1. The first-order valence-electron chi connectivity index (χ1n) is 6.96. The summed E-state index contributed by atoms with van der Waals surface area (Å²) in [5.41, 5.74) is 8.85. The zero-order chi connectivity index (χ0) is 12.5. The summed E-state index contributed by atoms with van der Waals surface area (Å²) >= 11 is 0. The molecule has 0 radical (unpaired) electrons. The minimum Gasteiger partial charge on any atom is -0.399 e. The number of hydrogen-bond donors (Lipinski definition) is 1. The monoisotopic (exact) mass is 243 g/mol. The van der Waals surface area contributed by atoms with Crippen molar-refractivity contribution in [1.29, 1.82) is 0 Å². The van der Waals surface area contributed by atoms with Crippen molar-refractivity contribution in [3.63, 3.8) is 0 Å². The summed E-state index contributed by atoms with van der Waals surface area (Å²) in [6.07, 6.45) is 8.58. The Bertz CT molecular complexity index is 544. The number of nitrogen functional groups attached to an aromatic ring is 1. The summed E-state index contributed by atoms with van der Waals surface area (Å²) in [5, 5.41) is 0. The molecule has 3 rings (SSSR count). The lowest BCUT2D eigenvalue weighted by Crippen LogP contribution is -2.06. The third-order valence-corrected chi connectivity index (χ3v) is 4.22. The Balaban J connectivity index is 1.93. The van der Waals surface area contributed by atoms with Crippen LogP contribution in [0, 0.1) is 5.92 Å². The number of aromatic nitrogens is 2. The van der Waals surface area contributed by atoms with Crippen LogP contribution in [-0.2, 0) is 0 Å². The third kappa shape index (κ3) is 2.09. The third-order valence-electron chi connectivity index (χ3n) is 4.22. The van der Waals surface area contributed by atoms with Crippen molar-refractivity contribution in [2.45, 2.75) is 45.1 Å². The van der Waals surface area contributed by atoms with Gasteiger partial charge in [-0.05, 0) is 43.4 Å². The van der Waals surface area contributed by atoms with E-state index in [1.54, 1.807) is 0 Å². The molecule has 0 saturated heterocycles. The number of hydrogen-bond acceptors (Lipinski definition) is 2. The average Bonchev–Trinajstić information content (AvgIpc) is 2.64. The summed E-state index contributed by atoms with van der Waals surface area (Å²) in [7, 11) is 0. The van der Waals surface area contributed by atoms with Crippen LogP contribution in [-0.4, -0.2) is 9.55 Å². The predicted octanol–water partition coefficient (Wildman–Crippen LogP) is 3.76. The minimum atomic E-state index is 0.614. The zero-order valence-corrected chi connectivity index (χ0v) is 11.0. The Kier molecular flexibility index (Phi) is 2.98. The lowest BCUT2D eigenvalue weighted by Gasteiger charge is -2.17. The molecule has 18 heavy (non-hydrogen) atoms. The molecule has 3 heteroatoms. The minimum absolute atomic E-state index is 0.614. The lowest BCUT2D eigenvalue weighted by atomic mass is 10.0. The molecule has 1 heterocycles. The van der Waals surface area contributed by atoms with Crippen LogP contribution in [0.5, 0.6) is 0 Å². The molecule has 1 fully saturated rings. The van der Waals surface area contributed by atoms with Crippen LogP contribution in [0.1, 0.15) is 45.1 Å². The van der Waals surface area contributed by atoms with Gasteiger partial charge in [-0.25, -0.2) is 4.98 Å². The summed E-state index contributed by atoms with van der Waals surface area (Å²) in [6.45, 7) is 2.37. The molecule has 0 aliphatic heterocycles. The fourth-order valence-corrected chi connectivity index (χ4v) is 3.09. The number of nitrogens with zero attached hydrogens (tertiary/aromatic N) is 2. The number of anilines is 1. The largest absolute Gasteiger partial charge is 0.399 e. The molecule has 1 aliphatic carbocycles. The van der Waals surface area contributed by atoms with Gasteiger partial charge in [0.05, 0.1) is 17.4 Å². The van der Waals surface area contributed by atoms with E-state index in [1.165, 1.54) is 37.6 Å². The molecule has 1 aromatic heterocycles. The van der Waals surface area contributed by atoms with E-state index in [9.17, 15) is 0 Å². The summed E-state index contributed by atoms with van der Waals surface area (Å²) in [6, 6.07) is 6.65. The first kappa shape index (κ1) is 11.6. The maximum Gasteiger partial charge on any atom is 0.0960 e. The van der Waals surface area contributed by atoms with Gasteiger partial charge in [-0.15, -0.1) is 0 Å². The topological polar surface area (TPSA) is 43.8 Å². The van der Waals surface area contributed by atoms with Crippen molar-refractivity contribution in [3.05, 3.63) is 24.5 Å². The van der Waals surface area contributed by atoms with Crippen molar-refractivity contribution < 1.29 is 0 Å². The SMILES string of the molecule is CC1CCCC(n2cnc3cc(N)ccc32)CC1. The Labute approximate surface area is 108 Å². The highest BCUT2D eigenvalue weighted by Gasteiger charge is 2.19. The van der Waals surface area contributed by atoms with Gasteiger partial charge in [0.25, 0.3) is 0 Å². The second kappa shape index (κ2) is 4.63. The van der Waals surface area contributed by atoms with Crippen molar-refractivity contribution in [3.8, 4) is 0 Å². The van der Waals surface area contributed by atoms with Crippen molar-refractivity contribution in [2.24, 2.45) is 5.92 Å². The molecule has 2 N–H and O–H groups in total. The van der Waals surface area contributed by atoms with E-state index in [4.69, 9.17) is 5.73 Å². The molecule has 0 amide bonds. The Morgan fingerprint density at radius 1 is 1.22 bits per heavy atom. The Hall–Kier alpha value is -1.51. The highest BCUT2D eigenvalue weighted by Crippen LogP contribution is 2.32. The van der Waals surface area contributed by atoms with Crippen LogP contribution >= 0.6 is 0 Å². The van der Waals surface area contributed by atoms with Crippen LogP contribution in [0.25, 0.3) is 11.0 Å². The second-order valence-electron chi connectivity index (χ2n) is 5.67. The van der Waals surface area contributed by atoms with Gasteiger partial charge in [0, 0.05) is 11.7 Å². The summed E-state index contributed by atoms with van der Waals surface area (Å²) in [5.74, 6) is 0.875. The van der Waals surface area contributed by atoms with Gasteiger partial charge >= 0.3 is 0 Å². The van der Waals surface area contributed by atoms with Gasteiger partial charge in [0.1, 0.15) is 0 Å². The Morgan fingerprint density at radius 2 is 2.11 bits per heavy atom. The fraction of sp³-hybridized carbons (Fsp3) is 0.533. The van der Waals surface area contributed by atoms with Gasteiger partial charge in [-0.3, -0.25) is 0 Å². The molecule has 1 saturated carbocycles. The van der Waals surface area contributed by atoms with Crippen LogP contribution in [0.4, 0.5) is 5.69 Å². The van der Waals surface area contributed by atoms with Gasteiger partial charge in [-0.2, -0.15) is 0 Å². The lowest BCUT2D eigenvalue weighted by molar-refractivity contribution is 0.441. The average molecular weight is 243 g/mol. The van der Waals surface area contributed by atoms with Gasteiger partial charge < -0.3 is 10.3 Å². The molecule has 0 bridgehead atoms. The molecule has 2 unspecified atom stereocenters. The molecule has 2 atom stereocenters. The van der Waals surface area contributed by atoms with Crippen molar-refractivity contribution in [2.75, 3.05) is 5.73 Å². The van der Waals surface area contributed by atoms with E-state index >= 15 is 0 Å². The fourth-order valence-electron chi connectivity index (χ4n) is 3.09. The predicted molar refractivity (Wildman–Crippen MR) is 75.4 cm³/mol. The number of benzene rings is 1. The van der Waals surface area contributed by atoms with E-state index < -0.39 is 0 Å². The van der Waals surface area contributed by atoms with Gasteiger partial charge in [0.2, 0.25) is 0 Å². The highest BCUT2D eigenvalue weighted by molar-refractivity contribution is 5.79. The van der Waals surface area contributed by atoms with E-state index in [-0.39, 0.29) is 0 Å². The number of imidazole rings is 1. The van der Waals surface area contributed by atoms with E-state index in [0.29, 0.717) is 6.04 Å². The van der Waals surface area contributed by atoms with Crippen molar-refractivity contribution >= 4 is 16.7 Å². The smallest absolute Gasteiger partial charge is 0.0960 e. The molecule has 3 nitrogen and oxygen atoms in total. The maximum absolute atomic E-state index is 5.81. The molecule has 0 spiro atoms. The summed E-state index contributed by atoms with van der Waals surface area (Å²) < 4.78 is 2.35. The standard InChI is InChI=1S/C15H21N3/c1-11-3-2-4-13(7-5-11)18-10-17-14-9-12(16)6-8-15(14)18/h6,8-11,13H,2-5,7,16H2,1H3. The quantitative estimate of drug-likeness (QED) is 0.612. The first-order chi connectivity index (χ1) is 8.74. The second-order valence-corrected chi connectivity index (χ2v) is 5.67. The molecule has 2 aromatic rings. The van der Waals surface area contributed by atoms with Crippen molar-refractivity contribution in [1.82, 2.24) is 9.55 Å². The van der Waals surface area contributed by atoms with E-state index in [1.807, 2.05) is 18.5 Å². The van der Waals surface area contributed by atoms with Crippen LogP contribution in [0.2, 0.25) is 0 Å². The maximum atomic E-state index is 5.81. The molecule has 1 aromatic carbocycles. The molecular formula is C15H21N3. The summed E-state index contributed by atoms with van der Waals surface area (Å²) in [4.78, 5) is 4.49. The van der Waals surface area contributed by atoms with Gasteiger partial charge in [-0.1, -0.05) is 19.8 Å². The highest BCUT2D eigenvalue weighted by atomic mass is 15.1. The van der Waals surface area contributed by atoms with E-state index in [2.05, 4.69) is 22.5 Å². The van der Waals surface area contributed by atoms with Crippen LogP contribution < -0.4 is 5.73 Å². The van der Waals surface area contributed by atoms with Gasteiger partial charge in [0.15, 0.2) is 0 Å². The molecule has 1 aliphatic rings. The van der Waals surface area contributed by atoms with Crippen LogP contribution in [0.3, 0.4) is 0 Å². The van der Waals surface area contributed by atoms with E-state index in [0.717, 1.165) is 17.1 Å². The number of nitrogens with two attached hydrogens (primary N) is 1. The molecular weight excluding hydrogens is 222 g/mol. The molecule has 96 valence electrons.